The molecule has 5 aromatic rings. The van der Waals surface area contributed by atoms with E-state index in [1.807, 2.05) is 49.1 Å². The first-order valence-corrected chi connectivity index (χ1v) is 15.1. The zero-order valence-corrected chi connectivity index (χ0v) is 23.7. The Morgan fingerprint density at radius 3 is 2.62 bits per heavy atom. The van der Waals surface area contributed by atoms with Gasteiger partial charge in [-0.15, -0.1) is 13.2 Å². The molecule has 13 heteroatoms. The van der Waals surface area contributed by atoms with Crippen molar-refractivity contribution in [3.8, 4) is 11.4 Å². The summed E-state index contributed by atoms with van der Waals surface area (Å²) in [4.78, 5) is 35.7. The van der Waals surface area contributed by atoms with Crippen LogP contribution in [-0.2, 0) is 4.79 Å². The van der Waals surface area contributed by atoms with Gasteiger partial charge in [-0.1, -0.05) is 50.7 Å². The third-order valence-corrected chi connectivity index (χ3v) is 8.39. The van der Waals surface area contributed by atoms with Gasteiger partial charge in [0, 0.05) is 16.8 Å². The van der Waals surface area contributed by atoms with Crippen molar-refractivity contribution in [2.45, 2.75) is 6.36 Å². The number of amidine groups is 1. The lowest BCUT2D eigenvalue weighted by Crippen LogP contribution is -2.33. The van der Waals surface area contributed by atoms with Crippen LogP contribution in [0.3, 0.4) is 0 Å². The van der Waals surface area contributed by atoms with Gasteiger partial charge in [0.25, 0.3) is 0 Å². The van der Waals surface area contributed by atoms with E-state index in [0.717, 1.165) is 27.3 Å². The summed E-state index contributed by atoms with van der Waals surface area (Å²) in [6.45, 7) is 2.03. The number of fused-ring (bicyclic) bond motifs is 3. The van der Waals surface area contributed by atoms with Gasteiger partial charge >= 0.3 is 12.4 Å². The number of nitrogens with one attached hydrogen (secondary N) is 1. The summed E-state index contributed by atoms with van der Waals surface area (Å²) in [6, 6.07) is 21.6. The number of alkyl halides is 3. The second-order valence-electron chi connectivity index (χ2n) is 9.13. The van der Waals surface area contributed by atoms with Crippen LogP contribution in [0.25, 0.3) is 27.5 Å². The van der Waals surface area contributed by atoms with Gasteiger partial charge in [-0.3, -0.25) is 14.3 Å². The summed E-state index contributed by atoms with van der Waals surface area (Å²) >= 11 is 1.22. The van der Waals surface area contributed by atoms with Crippen molar-refractivity contribution in [3.05, 3.63) is 85.2 Å². The minimum atomic E-state index is -4.76. The molecular formula is C29H21F3N5O3PS. The van der Waals surface area contributed by atoms with Crippen LogP contribution in [-0.4, -0.2) is 45.4 Å². The van der Waals surface area contributed by atoms with Crippen LogP contribution in [0, 0.1) is 0 Å². The van der Waals surface area contributed by atoms with E-state index in [2.05, 4.69) is 20.0 Å². The number of imidazole rings is 1. The second kappa shape index (κ2) is 11.1. The predicted molar refractivity (Wildman–Crippen MR) is 162 cm³/mol. The van der Waals surface area contributed by atoms with Gasteiger partial charge in [0.15, 0.2) is 5.17 Å². The SMILES string of the molecule is CPc1ccccc1N1C(=O)CSC1=NC(=O)Nc1ccc2c(ccc3c2ncn3-c2ccc(OC(F)(F)F)cc2)c1. The largest absolute Gasteiger partial charge is 0.573 e. The smallest absolute Gasteiger partial charge is 0.406 e. The highest BCUT2D eigenvalue weighted by Gasteiger charge is 2.32. The highest BCUT2D eigenvalue weighted by Crippen LogP contribution is 2.31. The van der Waals surface area contributed by atoms with Crippen molar-refractivity contribution in [3.63, 3.8) is 0 Å². The average molecular weight is 608 g/mol. The molecule has 42 heavy (non-hydrogen) atoms. The predicted octanol–water partition coefficient (Wildman–Crippen LogP) is 6.68. The molecule has 0 bridgehead atoms. The summed E-state index contributed by atoms with van der Waals surface area (Å²) in [5, 5.41) is 5.77. The van der Waals surface area contributed by atoms with Gasteiger partial charge in [0.2, 0.25) is 5.91 Å². The molecule has 0 radical (unpaired) electrons. The van der Waals surface area contributed by atoms with Crippen LogP contribution in [0.15, 0.2) is 90.2 Å². The van der Waals surface area contributed by atoms with Crippen LogP contribution in [0.1, 0.15) is 0 Å². The number of aromatic nitrogens is 2. The summed E-state index contributed by atoms with van der Waals surface area (Å²) in [5.41, 5.74) is 3.32. The maximum atomic E-state index is 12.9. The highest BCUT2D eigenvalue weighted by molar-refractivity contribution is 8.15. The molecule has 1 aliphatic rings. The molecule has 4 aromatic carbocycles. The molecule has 2 heterocycles. The zero-order valence-electron chi connectivity index (χ0n) is 21.8. The van der Waals surface area contributed by atoms with E-state index in [1.54, 1.807) is 23.0 Å². The van der Waals surface area contributed by atoms with E-state index >= 15 is 0 Å². The number of thioether (sulfide) groups is 1. The first kappa shape index (κ1) is 27.7. The zero-order chi connectivity index (χ0) is 29.4. The number of hydrogen-bond acceptors (Lipinski definition) is 5. The van der Waals surface area contributed by atoms with Gasteiger partial charge in [0.05, 0.1) is 22.5 Å². The van der Waals surface area contributed by atoms with Crippen molar-refractivity contribution in [1.29, 1.82) is 0 Å². The number of carbonyl (C=O) groups excluding carboxylic acids is 2. The summed E-state index contributed by atoms with van der Waals surface area (Å²) < 4.78 is 43.2. The number of halogens is 3. The fourth-order valence-electron chi connectivity index (χ4n) is 4.70. The van der Waals surface area contributed by atoms with Crippen molar-refractivity contribution in [1.82, 2.24) is 9.55 Å². The van der Waals surface area contributed by atoms with Crippen molar-refractivity contribution in [2.75, 3.05) is 22.6 Å². The number of benzene rings is 4. The maximum Gasteiger partial charge on any atom is 0.573 e. The molecular weight excluding hydrogens is 586 g/mol. The van der Waals surface area contributed by atoms with Crippen LogP contribution >= 0.6 is 20.3 Å². The van der Waals surface area contributed by atoms with E-state index in [9.17, 15) is 22.8 Å². The standard InChI is InChI=1S/C29H21F3N5O3PS/c1-41-24-5-3-2-4-22(24)37-25(38)15-42-28(37)35-27(39)34-18-7-12-21-17(14-18)6-13-23-26(21)33-16-36(23)19-8-10-20(11-9-19)40-29(30,31)32/h2-14,16,41H,15H2,1H3,(H,34,39). The highest BCUT2D eigenvalue weighted by atomic mass is 32.2. The molecule has 0 aliphatic carbocycles. The lowest BCUT2D eigenvalue weighted by Gasteiger charge is -2.19. The van der Waals surface area contributed by atoms with E-state index < -0.39 is 12.4 Å². The van der Waals surface area contributed by atoms with Crippen LogP contribution < -0.4 is 20.3 Å². The molecule has 1 atom stereocenters. The van der Waals surface area contributed by atoms with E-state index in [1.165, 1.54) is 40.9 Å². The van der Waals surface area contributed by atoms with Gasteiger partial charge in [-0.25, -0.2) is 9.78 Å². The molecule has 1 aliphatic heterocycles. The summed E-state index contributed by atoms with van der Waals surface area (Å²) in [7, 11) is 0.475. The van der Waals surface area contributed by atoms with Crippen molar-refractivity contribution in [2.24, 2.45) is 4.99 Å². The van der Waals surface area contributed by atoms with Crippen LogP contribution in [0.4, 0.5) is 29.3 Å². The number of ether oxygens (including phenoxy) is 1. The number of anilines is 2. The van der Waals surface area contributed by atoms with Crippen molar-refractivity contribution < 1.29 is 27.5 Å². The fourth-order valence-corrected chi connectivity index (χ4v) is 6.27. The Labute approximate surface area is 243 Å². The van der Waals surface area contributed by atoms with Gasteiger partial charge < -0.3 is 10.1 Å². The van der Waals surface area contributed by atoms with Gasteiger partial charge in [-0.2, -0.15) is 4.99 Å². The number of nitrogens with zero attached hydrogens (tertiary/aromatic N) is 4. The number of carbonyl (C=O) groups is 2. The Morgan fingerprint density at radius 1 is 1.07 bits per heavy atom. The maximum absolute atomic E-state index is 12.9. The molecule has 212 valence electrons. The fraction of sp³-hybridized carbons (Fsp3) is 0.103. The van der Waals surface area contributed by atoms with Crippen LogP contribution in [0.2, 0.25) is 0 Å². The number of para-hydroxylation sites is 1. The number of urea groups is 1. The summed E-state index contributed by atoms with van der Waals surface area (Å²) in [5.74, 6) is -0.230. The summed E-state index contributed by atoms with van der Waals surface area (Å²) in [6.07, 6.45) is -3.16. The molecule has 1 unspecified atom stereocenters. The first-order valence-electron chi connectivity index (χ1n) is 12.6. The molecule has 1 N–H and O–H groups in total. The quantitative estimate of drug-likeness (QED) is 0.225. The molecule has 3 amide bonds. The first-order chi connectivity index (χ1) is 20.2. The molecule has 8 nitrogen and oxygen atoms in total. The normalized spacial score (nSPS) is 15.0. The van der Waals surface area contributed by atoms with Crippen LogP contribution in [0.5, 0.6) is 5.75 Å². The van der Waals surface area contributed by atoms with E-state index in [4.69, 9.17) is 0 Å². The molecule has 6 rings (SSSR count). The van der Waals surface area contributed by atoms with Gasteiger partial charge in [0.1, 0.15) is 12.1 Å². The third-order valence-electron chi connectivity index (χ3n) is 6.51. The number of rotatable bonds is 5. The number of amides is 3. The minimum Gasteiger partial charge on any atom is -0.406 e. The Balaban J connectivity index is 1.23. The number of aliphatic imine (C=N–C) groups is 1. The minimum absolute atomic E-state index is 0.128. The Bertz CT molecular complexity index is 1870. The number of hydrogen-bond donors (Lipinski definition) is 1. The average Bonchev–Trinajstić information content (AvgIpc) is 3.55. The monoisotopic (exact) mass is 607 g/mol. The Kier molecular flexibility index (Phi) is 7.34. The third kappa shape index (κ3) is 5.55. The molecule has 1 saturated heterocycles. The lowest BCUT2D eigenvalue weighted by molar-refractivity contribution is -0.274. The second-order valence-corrected chi connectivity index (χ2v) is 11.1. The van der Waals surface area contributed by atoms with Gasteiger partial charge in [-0.05, 0) is 65.9 Å². The van der Waals surface area contributed by atoms with E-state index in [0.29, 0.717) is 30.6 Å². The molecule has 0 saturated carbocycles. The topological polar surface area (TPSA) is 88.8 Å². The lowest BCUT2D eigenvalue weighted by atomic mass is 10.1. The molecule has 1 fully saturated rings. The van der Waals surface area contributed by atoms with E-state index in [-0.39, 0.29) is 17.4 Å². The Morgan fingerprint density at radius 2 is 1.86 bits per heavy atom. The van der Waals surface area contributed by atoms with Crippen molar-refractivity contribution >= 4 is 75.9 Å². The Hall–Kier alpha value is -4.41. The molecule has 0 spiro atoms. The molecule has 1 aromatic heterocycles.